The molecule has 1 aliphatic carbocycles. The van der Waals surface area contributed by atoms with Gasteiger partial charge in [-0.05, 0) is 92.7 Å². The molecule has 2 heteroatoms. The summed E-state index contributed by atoms with van der Waals surface area (Å²) in [4.78, 5) is 2.49. The predicted molar refractivity (Wildman–Crippen MR) is 195 cm³/mol. The lowest BCUT2D eigenvalue weighted by atomic mass is 9.92. The average molecular weight is 590 g/mol. The highest BCUT2D eigenvalue weighted by molar-refractivity contribution is 6.19. The van der Waals surface area contributed by atoms with E-state index in [9.17, 15) is 0 Å². The molecule has 46 heavy (non-hydrogen) atoms. The molecule has 0 fully saturated rings. The molecule has 0 radical (unpaired) electrons. The smallest absolute Gasteiger partial charge is 0.136 e. The minimum absolute atomic E-state index is 0.168. The van der Waals surface area contributed by atoms with Crippen LogP contribution in [0.2, 0.25) is 0 Å². The fraction of sp³-hybridized carbons (Fsp3) is 0.0455. The second kappa shape index (κ2) is 10.9. The van der Waals surface area contributed by atoms with E-state index < -0.39 is 0 Å². The van der Waals surface area contributed by atoms with E-state index in [1.807, 2.05) is 12.1 Å². The Kier molecular flexibility index (Phi) is 6.31. The van der Waals surface area contributed by atoms with E-state index in [1.165, 1.54) is 60.6 Å². The summed E-state index contributed by atoms with van der Waals surface area (Å²) in [6.45, 7) is 0. The zero-order chi connectivity index (χ0) is 30.5. The Hall–Kier alpha value is -5.86. The number of para-hydroxylation sites is 2. The summed E-state index contributed by atoms with van der Waals surface area (Å²) in [5, 5.41) is 7.31. The van der Waals surface area contributed by atoms with Gasteiger partial charge in [-0.25, -0.2) is 0 Å². The molecule has 1 aliphatic rings. The van der Waals surface area contributed by atoms with Gasteiger partial charge in [0, 0.05) is 22.1 Å². The van der Waals surface area contributed by atoms with Gasteiger partial charge in [-0.1, -0.05) is 127 Å². The first-order valence-corrected chi connectivity index (χ1v) is 16.0. The van der Waals surface area contributed by atoms with Gasteiger partial charge >= 0.3 is 0 Å². The molecule has 0 N–H and O–H groups in total. The molecule has 8 aromatic rings. The van der Waals surface area contributed by atoms with Gasteiger partial charge < -0.3 is 9.32 Å². The Bertz CT molecular complexity index is 2450. The van der Waals surface area contributed by atoms with Gasteiger partial charge in [0.05, 0.1) is 6.04 Å². The first-order valence-electron chi connectivity index (χ1n) is 16.0. The lowest BCUT2D eigenvalue weighted by Crippen LogP contribution is -2.30. The number of hydrogen-bond donors (Lipinski definition) is 0. The van der Waals surface area contributed by atoms with E-state index in [0.717, 1.165) is 23.0 Å². The number of rotatable bonds is 5. The van der Waals surface area contributed by atoms with Crippen molar-refractivity contribution in [3.05, 3.63) is 175 Å². The zero-order valence-electron chi connectivity index (χ0n) is 25.3. The van der Waals surface area contributed by atoms with Gasteiger partial charge in [0.15, 0.2) is 0 Å². The SMILES string of the molecule is C1=CC(N(c2ccccc2)c2cc(-c3ccccc3)c3ccccc3c2)CC=C1c1ccc2ccc3oc4ccccc4c3c2c1. The van der Waals surface area contributed by atoms with Crippen molar-refractivity contribution in [1.82, 2.24) is 0 Å². The molecule has 1 aromatic heterocycles. The molecule has 0 bridgehead atoms. The van der Waals surface area contributed by atoms with Crippen LogP contribution in [0.25, 0.3) is 60.2 Å². The number of allylic oxidation sites excluding steroid dienone is 2. The molecule has 9 rings (SSSR count). The standard InChI is InChI=1S/C44H31NO/c1-3-11-31(12-4-1)40-29-37(27-34-13-7-8-16-38(34)40)45(35-14-5-2-6-15-35)36-24-21-30(22-25-36)33-20-19-32-23-26-43-44(41(32)28-33)39-17-9-10-18-42(39)46-43/h1-24,26-29,36H,25H2. The van der Waals surface area contributed by atoms with Crippen LogP contribution < -0.4 is 4.90 Å². The summed E-state index contributed by atoms with van der Waals surface area (Å²) in [7, 11) is 0. The van der Waals surface area contributed by atoms with Gasteiger partial charge in [-0.3, -0.25) is 0 Å². The van der Waals surface area contributed by atoms with Crippen LogP contribution in [0.4, 0.5) is 11.4 Å². The summed E-state index contributed by atoms with van der Waals surface area (Å²) in [6, 6.07) is 54.5. The van der Waals surface area contributed by atoms with Crippen LogP contribution in [0.5, 0.6) is 0 Å². The van der Waals surface area contributed by atoms with Crippen molar-refractivity contribution in [3.8, 4) is 11.1 Å². The van der Waals surface area contributed by atoms with E-state index in [0.29, 0.717) is 0 Å². The number of hydrogen-bond acceptors (Lipinski definition) is 2. The molecule has 1 atom stereocenters. The monoisotopic (exact) mass is 589 g/mol. The normalized spacial score (nSPS) is 14.7. The topological polar surface area (TPSA) is 16.4 Å². The summed E-state index contributed by atoms with van der Waals surface area (Å²) >= 11 is 0. The molecule has 0 aliphatic heterocycles. The van der Waals surface area contributed by atoms with Crippen LogP contribution in [-0.2, 0) is 0 Å². The van der Waals surface area contributed by atoms with Crippen LogP contribution in [0.1, 0.15) is 12.0 Å². The first-order chi connectivity index (χ1) is 22.8. The highest BCUT2D eigenvalue weighted by Gasteiger charge is 2.22. The molecule has 0 saturated heterocycles. The molecular weight excluding hydrogens is 558 g/mol. The Balaban J connectivity index is 1.12. The van der Waals surface area contributed by atoms with Crippen molar-refractivity contribution >= 4 is 60.4 Å². The minimum Gasteiger partial charge on any atom is -0.456 e. The average Bonchev–Trinajstić information content (AvgIpc) is 3.52. The van der Waals surface area contributed by atoms with Crippen LogP contribution in [0, 0.1) is 0 Å². The number of fused-ring (bicyclic) bond motifs is 6. The fourth-order valence-electron chi connectivity index (χ4n) is 7.15. The third kappa shape index (κ3) is 4.50. The third-order valence-corrected chi connectivity index (χ3v) is 9.35. The van der Waals surface area contributed by atoms with Crippen molar-refractivity contribution in [3.63, 3.8) is 0 Å². The van der Waals surface area contributed by atoms with Crippen molar-refractivity contribution in [2.45, 2.75) is 12.5 Å². The van der Waals surface area contributed by atoms with E-state index in [2.05, 4.69) is 163 Å². The van der Waals surface area contributed by atoms with E-state index in [4.69, 9.17) is 4.42 Å². The first kappa shape index (κ1) is 26.5. The lowest BCUT2D eigenvalue weighted by Gasteiger charge is -2.34. The number of anilines is 2. The van der Waals surface area contributed by atoms with Gasteiger partial charge in [0.25, 0.3) is 0 Å². The second-order valence-electron chi connectivity index (χ2n) is 12.1. The zero-order valence-corrected chi connectivity index (χ0v) is 25.3. The molecule has 0 saturated carbocycles. The predicted octanol–water partition coefficient (Wildman–Crippen LogP) is 12.1. The lowest BCUT2D eigenvalue weighted by molar-refractivity contribution is 0.669. The third-order valence-electron chi connectivity index (χ3n) is 9.35. The fourth-order valence-corrected chi connectivity index (χ4v) is 7.15. The summed E-state index contributed by atoms with van der Waals surface area (Å²) < 4.78 is 6.20. The Labute approximate surface area is 268 Å². The van der Waals surface area contributed by atoms with Crippen LogP contribution in [-0.4, -0.2) is 6.04 Å². The maximum absolute atomic E-state index is 6.20. The molecule has 0 amide bonds. The van der Waals surface area contributed by atoms with Crippen molar-refractivity contribution in [1.29, 1.82) is 0 Å². The maximum atomic E-state index is 6.20. The second-order valence-corrected chi connectivity index (χ2v) is 12.1. The molecule has 1 unspecified atom stereocenters. The highest BCUT2D eigenvalue weighted by Crippen LogP contribution is 2.40. The van der Waals surface area contributed by atoms with Crippen molar-refractivity contribution < 1.29 is 4.42 Å². The minimum atomic E-state index is 0.168. The summed E-state index contributed by atoms with van der Waals surface area (Å²) in [6.07, 6.45) is 7.97. The molecular formula is C44H31NO. The van der Waals surface area contributed by atoms with E-state index >= 15 is 0 Å². The Morgan fingerprint density at radius 3 is 2.09 bits per heavy atom. The summed E-state index contributed by atoms with van der Waals surface area (Å²) in [5.74, 6) is 0. The molecule has 2 nitrogen and oxygen atoms in total. The quantitative estimate of drug-likeness (QED) is 0.199. The van der Waals surface area contributed by atoms with Crippen molar-refractivity contribution in [2.24, 2.45) is 0 Å². The number of nitrogens with zero attached hydrogens (tertiary/aromatic N) is 1. The molecule has 218 valence electrons. The molecule has 0 spiro atoms. The Morgan fingerprint density at radius 2 is 1.26 bits per heavy atom. The van der Waals surface area contributed by atoms with Crippen molar-refractivity contribution in [2.75, 3.05) is 4.90 Å². The Morgan fingerprint density at radius 1 is 0.522 bits per heavy atom. The van der Waals surface area contributed by atoms with Gasteiger partial charge in [0.2, 0.25) is 0 Å². The highest BCUT2D eigenvalue weighted by atomic mass is 16.3. The number of benzene rings is 7. The summed E-state index contributed by atoms with van der Waals surface area (Å²) in [5.41, 5.74) is 9.19. The van der Waals surface area contributed by atoms with Crippen LogP contribution in [0.15, 0.2) is 174 Å². The van der Waals surface area contributed by atoms with Gasteiger partial charge in [-0.2, -0.15) is 0 Å². The van der Waals surface area contributed by atoms with Gasteiger partial charge in [-0.15, -0.1) is 0 Å². The molecule has 1 heterocycles. The van der Waals surface area contributed by atoms with E-state index in [-0.39, 0.29) is 6.04 Å². The maximum Gasteiger partial charge on any atom is 0.136 e. The molecule has 7 aromatic carbocycles. The van der Waals surface area contributed by atoms with Crippen LogP contribution in [0.3, 0.4) is 0 Å². The largest absolute Gasteiger partial charge is 0.456 e. The van der Waals surface area contributed by atoms with Gasteiger partial charge in [0.1, 0.15) is 11.2 Å². The van der Waals surface area contributed by atoms with Crippen LogP contribution >= 0.6 is 0 Å². The number of furan rings is 1. The van der Waals surface area contributed by atoms with E-state index in [1.54, 1.807) is 0 Å².